The van der Waals surface area contributed by atoms with Crippen molar-refractivity contribution in [2.24, 2.45) is 5.73 Å². The fourth-order valence-electron chi connectivity index (χ4n) is 2.09. The summed E-state index contributed by atoms with van der Waals surface area (Å²) in [4.78, 5) is 11.2. The Morgan fingerprint density at radius 2 is 2.25 bits per heavy atom. The normalized spacial score (nSPS) is 23.6. The van der Waals surface area contributed by atoms with E-state index in [9.17, 15) is 9.90 Å². The molecule has 0 aromatic heterocycles. The van der Waals surface area contributed by atoms with Crippen molar-refractivity contribution in [3.63, 3.8) is 0 Å². The minimum atomic E-state index is -1.40. The number of benzene rings is 1. The number of nitrogens with two attached hydrogens (primary N) is 1. The van der Waals surface area contributed by atoms with Crippen LogP contribution in [-0.4, -0.2) is 23.7 Å². The van der Waals surface area contributed by atoms with Crippen LogP contribution < -0.4 is 10.5 Å². The molecule has 16 heavy (non-hydrogen) atoms. The molecule has 4 nitrogen and oxygen atoms in total. The molecule has 0 fully saturated rings. The topological polar surface area (TPSA) is 72.6 Å². The molecule has 1 atom stereocenters. The van der Waals surface area contributed by atoms with E-state index in [1.54, 1.807) is 7.11 Å². The molecular formula is C12H15NO3. The van der Waals surface area contributed by atoms with E-state index >= 15 is 0 Å². The number of amides is 1. The number of primary amides is 1. The van der Waals surface area contributed by atoms with Gasteiger partial charge in [-0.05, 0) is 36.1 Å². The van der Waals surface area contributed by atoms with Crippen LogP contribution in [0.1, 0.15) is 17.5 Å². The van der Waals surface area contributed by atoms with Crippen LogP contribution in [-0.2, 0) is 17.6 Å². The number of hydrogen-bond acceptors (Lipinski definition) is 3. The lowest BCUT2D eigenvalue weighted by Crippen LogP contribution is -2.48. The van der Waals surface area contributed by atoms with E-state index in [2.05, 4.69) is 0 Å². The maximum absolute atomic E-state index is 11.2. The van der Waals surface area contributed by atoms with Crippen molar-refractivity contribution in [3.8, 4) is 5.75 Å². The summed E-state index contributed by atoms with van der Waals surface area (Å²) >= 11 is 0. The molecular weight excluding hydrogens is 206 g/mol. The van der Waals surface area contributed by atoms with Gasteiger partial charge in [-0.1, -0.05) is 6.07 Å². The Balaban J connectivity index is 2.35. The number of aryl methyl sites for hydroxylation is 1. The number of hydrogen-bond donors (Lipinski definition) is 2. The van der Waals surface area contributed by atoms with Gasteiger partial charge in [-0.3, -0.25) is 4.79 Å². The van der Waals surface area contributed by atoms with Crippen LogP contribution in [0.2, 0.25) is 0 Å². The molecule has 1 aliphatic carbocycles. The highest BCUT2D eigenvalue weighted by Crippen LogP contribution is 2.30. The highest BCUT2D eigenvalue weighted by Gasteiger charge is 2.37. The van der Waals surface area contributed by atoms with E-state index in [1.807, 2.05) is 18.2 Å². The van der Waals surface area contributed by atoms with E-state index in [0.29, 0.717) is 12.8 Å². The molecule has 3 N–H and O–H groups in total. The average Bonchev–Trinajstić information content (AvgIpc) is 2.27. The van der Waals surface area contributed by atoms with E-state index in [1.165, 1.54) is 0 Å². The van der Waals surface area contributed by atoms with E-state index in [-0.39, 0.29) is 6.42 Å². The number of ether oxygens (including phenoxy) is 1. The molecule has 1 unspecified atom stereocenters. The predicted octanol–water partition coefficient (Wildman–Crippen LogP) is 0.400. The van der Waals surface area contributed by atoms with Crippen molar-refractivity contribution in [2.45, 2.75) is 24.9 Å². The van der Waals surface area contributed by atoms with Gasteiger partial charge in [-0.15, -0.1) is 0 Å². The largest absolute Gasteiger partial charge is 0.497 e. The zero-order valence-corrected chi connectivity index (χ0v) is 9.19. The van der Waals surface area contributed by atoms with Crippen molar-refractivity contribution in [2.75, 3.05) is 7.11 Å². The third-order valence-electron chi connectivity index (χ3n) is 3.16. The van der Waals surface area contributed by atoms with Crippen LogP contribution in [0.5, 0.6) is 5.75 Å². The van der Waals surface area contributed by atoms with Gasteiger partial charge in [0.25, 0.3) is 0 Å². The molecule has 4 heteroatoms. The van der Waals surface area contributed by atoms with Gasteiger partial charge in [0.1, 0.15) is 11.4 Å². The first kappa shape index (κ1) is 11.0. The van der Waals surface area contributed by atoms with E-state index in [4.69, 9.17) is 10.5 Å². The minimum Gasteiger partial charge on any atom is -0.497 e. The first-order valence-electron chi connectivity index (χ1n) is 5.23. The highest BCUT2D eigenvalue weighted by atomic mass is 16.5. The maximum Gasteiger partial charge on any atom is 0.249 e. The van der Waals surface area contributed by atoms with Crippen LogP contribution >= 0.6 is 0 Å². The summed E-state index contributed by atoms with van der Waals surface area (Å²) in [6.07, 6.45) is 1.33. The summed E-state index contributed by atoms with van der Waals surface area (Å²) in [5.41, 5.74) is 5.89. The summed E-state index contributed by atoms with van der Waals surface area (Å²) < 4.78 is 5.11. The Morgan fingerprint density at radius 1 is 1.50 bits per heavy atom. The average molecular weight is 221 g/mol. The van der Waals surface area contributed by atoms with Crippen molar-refractivity contribution in [1.29, 1.82) is 0 Å². The van der Waals surface area contributed by atoms with Crippen LogP contribution in [0.15, 0.2) is 18.2 Å². The Hall–Kier alpha value is -1.55. The number of aliphatic hydroxyl groups is 1. The maximum atomic E-state index is 11.2. The molecule has 0 spiro atoms. The molecule has 0 saturated heterocycles. The van der Waals surface area contributed by atoms with Gasteiger partial charge >= 0.3 is 0 Å². The fraction of sp³-hybridized carbons (Fsp3) is 0.417. The SMILES string of the molecule is COc1ccc2c(c1)CC(O)(C(N)=O)CC2. The summed E-state index contributed by atoms with van der Waals surface area (Å²) in [6.45, 7) is 0. The van der Waals surface area contributed by atoms with Crippen molar-refractivity contribution < 1.29 is 14.6 Å². The first-order chi connectivity index (χ1) is 7.55. The summed E-state index contributed by atoms with van der Waals surface area (Å²) in [5.74, 6) is 0.0773. The zero-order valence-electron chi connectivity index (χ0n) is 9.19. The Bertz CT molecular complexity index is 430. The predicted molar refractivity (Wildman–Crippen MR) is 59.2 cm³/mol. The third kappa shape index (κ3) is 1.76. The monoisotopic (exact) mass is 221 g/mol. The van der Waals surface area contributed by atoms with Crippen LogP contribution in [0, 0.1) is 0 Å². The van der Waals surface area contributed by atoms with Gasteiger partial charge in [-0.2, -0.15) is 0 Å². The summed E-state index contributed by atoms with van der Waals surface area (Å²) in [5, 5.41) is 10.0. The number of carbonyl (C=O) groups excluding carboxylic acids is 1. The van der Waals surface area contributed by atoms with Gasteiger partial charge in [0.15, 0.2) is 0 Å². The second-order valence-corrected chi connectivity index (χ2v) is 4.21. The molecule has 1 amide bonds. The fourth-order valence-corrected chi connectivity index (χ4v) is 2.09. The quantitative estimate of drug-likeness (QED) is 0.759. The van der Waals surface area contributed by atoms with Crippen molar-refractivity contribution in [1.82, 2.24) is 0 Å². The molecule has 0 aliphatic heterocycles. The molecule has 1 aromatic rings. The molecule has 2 rings (SSSR count). The zero-order chi connectivity index (χ0) is 11.8. The second kappa shape index (κ2) is 3.79. The lowest BCUT2D eigenvalue weighted by Gasteiger charge is -2.30. The highest BCUT2D eigenvalue weighted by molar-refractivity contribution is 5.84. The van der Waals surface area contributed by atoms with Gasteiger partial charge in [0.05, 0.1) is 7.11 Å². The molecule has 0 heterocycles. The van der Waals surface area contributed by atoms with Crippen molar-refractivity contribution in [3.05, 3.63) is 29.3 Å². The Kier molecular flexibility index (Phi) is 2.59. The lowest BCUT2D eigenvalue weighted by molar-refractivity contribution is -0.137. The molecule has 1 aromatic carbocycles. The second-order valence-electron chi connectivity index (χ2n) is 4.21. The molecule has 1 aliphatic rings. The minimum absolute atomic E-state index is 0.273. The summed E-state index contributed by atoms with van der Waals surface area (Å²) in [6, 6.07) is 5.70. The third-order valence-corrected chi connectivity index (χ3v) is 3.16. The summed E-state index contributed by atoms with van der Waals surface area (Å²) in [7, 11) is 1.59. The molecule has 0 bridgehead atoms. The van der Waals surface area contributed by atoms with Gasteiger partial charge in [-0.25, -0.2) is 0 Å². The Morgan fingerprint density at radius 3 is 2.88 bits per heavy atom. The smallest absolute Gasteiger partial charge is 0.249 e. The van der Waals surface area contributed by atoms with Crippen molar-refractivity contribution >= 4 is 5.91 Å². The molecule has 86 valence electrons. The number of fused-ring (bicyclic) bond motifs is 1. The number of rotatable bonds is 2. The number of carbonyl (C=O) groups is 1. The molecule has 0 saturated carbocycles. The Labute approximate surface area is 94.0 Å². The number of methoxy groups -OCH3 is 1. The van der Waals surface area contributed by atoms with Crippen LogP contribution in [0.25, 0.3) is 0 Å². The van der Waals surface area contributed by atoms with Crippen LogP contribution in [0.3, 0.4) is 0 Å². The van der Waals surface area contributed by atoms with E-state index < -0.39 is 11.5 Å². The van der Waals surface area contributed by atoms with Gasteiger partial charge < -0.3 is 15.6 Å². The van der Waals surface area contributed by atoms with Gasteiger partial charge in [0.2, 0.25) is 5.91 Å². The first-order valence-corrected chi connectivity index (χ1v) is 5.23. The van der Waals surface area contributed by atoms with Gasteiger partial charge in [0, 0.05) is 6.42 Å². The lowest BCUT2D eigenvalue weighted by atomic mass is 9.80. The standard InChI is InChI=1S/C12H15NO3/c1-16-10-3-2-8-4-5-12(15,11(13)14)7-9(8)6-10/h2-3,6,15H,4-5,7H2,1H3,(H2,13,14). The molecule has 0 radical (unpaired) electrons. The van der Waals surface area contributed by atoms with E-state index in [0.717, 1.165) is 16.9 Å². The van der Waals surface area contributed by atoms with Crippen LogP contribution in [0.4, 0.5) is 0 Å².